The first-order chi connectivity index (χ1) is 16.0. The molecule has 166 valence electrons. The number of nitrogens with zero attached hydrogens (tertiary/aromatic N) is 3. The molecule has 1 aliphatic rings. The van der Waals surface area contributed by atoms with Gasteiger partial charge in [-0.05, 0) is 30.2 Å². The molecular weight excluding hydrogens is 452 g/mol. The SMILES string of the molecule is Cc1ccc(S(=O)(=O)NN=Cc2c(-c3ccc(-c4ccccc4)cc3)nc3n2CCS3)cc1. The van der Waals surface area contributed by atoms with Gasteiger partial charge in [-0.2, -0.15) is 13.5 Å². The molecule has 33 heavy (non-hydrogen) atoms. The lowest BCUT2D eigenvalue weighted by molar-refractivity contribution is 0.584. The Morgan fingerprint density at radius 2 is 1.61 bits per heavy atom. The highest BCUT2D eigenvalue weighted by Gasteiger charge is 2.22. The Morgan fingerprint density at radius 1 is 0.939 bits per heavy atom. The molecule has 8 heteroatoms. The number of aryl methyl sites for hydroxylation is 1. The first kappa shape index (κ1) is 21.5. The molecule has 1 aliphatic heterocycles. The van der Waals surface area contributed by atoms with Crippen molar-refractivity contribution in [2.75, 3.05) is 5.75 Å². The Balaban J connectivity index is 1.43. The van der Waals surface area contributed by atoms with Gasteiger partial charge in [-0.3, -0.25) is 0 Å². The largest absolute Gasteiger partial charge is 0.317 e. The van der Waals surface area contributed by atoms with Gasteiger partial charge in [0.15, 0.2) is 5.16 Å². The second-order valence-electron chi connectivity index (χ2n) is 7.74. The summed E-state index contributed by atoms with van der Waals surface area (Å²) in [4.78, 5) is 7.31. The molecule has 0 fully saturated rings. The zero-order chi connectivity index (χ0) is 22.8. The lowest BCUT2D eigenvalue weighted by atomic mass is 10.0. The van der Waals surface area contributed by atoms with Gasteiger partial charge >= 0.3 is 0 Å². The Labute approximate surface area is 197 Å². The maximum Gasteiger partial charge on any atom is 0.276 e. The molecule has 0 spiro atoms. The molecule has 1 N–H and O–H groups in total. The summed E-state index contributed by atoms with van der Waals surface area (Å²) >= 11 is 1.69. The van der Waals surface area contributed by atoms with E-state index in [0.29, 0.717) is 0 Å². The lowest BCUT2D eigenvalue weighted by Crippen LogP contribution is -2.18. The molecule has 0 radical (unpaired) electrons. The number of hydrazone groups is 1. The molecule has 0 bridgehead atoms. The fourth-order valence-electron chi connectivity index (χ4n) is 3.72. The number of imidazole rings is 1. The van der Waals surface area contributed by atoms with Crippen LogP contribution in [0.5, 0.6) is 0 Å². The quantitative estimate of drug-likeness (QED) is 0.317. The van der Waals surface area contributed by atoms with Crippen molar-refractivity contribution in [3.63, 3.8) is 0 Å². The first-order valence-electron chi connectivity index (χ1n) is 10.5. The highest BCUT2D eigenvalue weighted by molar-refractivity contribution is 7.99. The van der Waals surface area contributed by atoms with Crippen LogP contribution < -0.4 is 4.83 Å². The van der Waals surface area contributed by atoms with Crippen LogP contribution in [-0.4, -0.2) is 29.9 Å². The van der Waals surface area contributed by atoms with E-state index in [-0.39, 0.29) is 4.90 Å². The van der Waals surface area contributed by atoms with E-state index in [1.54, 1.807) is 42.2 Å². The molecule has 0 amide bonds. The van der Waals surface area contributed by atoms with Gasteiger partial charge in [-0.25, -0.2) is 9.82 Å². The fourth-order valence-corrected chi connectivity index (χ4v) is 5.47. The van der Waals surface area contributed by atoms with E-state index in [0.717, 1.165) is 51.1 Å². The average molecular weight is 475 g/mol. The smallest absolute Gasteiger partial charge is 0.276 e. The molecule has 3 aromatic carbocycles. The molecule has 0 saturated carbocycles. The standard InChI is InChI=1S/C25H22N4O2S2/c1-18-7-13-22(14-8-18)33(30,31)28-26-17-23-24(27-25-29(23)15-16-32-25)21-11-9-20(10-12-21)19-5-3-2-4-6-19/h2-14,17,28H,15-16H2,1H3. The maximum absolute atomic E-state index is 12.6. The highest BCUT2D eigenvalue weighted by atomic mass is 32.2. The van der Waals surface area contributed by atoms with Gasteiger partial charge in [0.25, 0.3) is 10.0 Å². The molecule has 4 aromatic rings. The minimum atomic E-state index is -3.74. The number of aromatic nitrogens is 2. The monoisotopic (exact) mass is 474 g/mol. The second kappa shape index (κ2) is 8.88. The van der Waals surface area contributed by atoms with Crippen molar-refractivity contribution >= 4 is 28.0 Å². The number of rotatable bonds is 6. The summed E-state index contributed by atoms with van der Waals surface area (Å²) in [6.07, 6.45) is 1.55. The second-order valence-corrected chi connectivity index (χ2v) is 10.5. The topological polar surface area (TPSA) is 76.3 Å². The number of nitrogens with one attached hydrogen (secondary N) is 1. The van der Waals surface area contributed by atoms with Gasteiger partial charge in [0.05, 0.1) is 22.5 Å². The molecule has 0 unspecified atom stereocenters. The fraction of sp³-hybridized carbons (Fsp3) is 0.120. The van der Waals surface area contributed by atoms with E-state index in [9.17, 15) is 8.42 Å². The van der Waals surface area contributed by atoms with Crippen LogP contribution in [0.1, 0.15) is 11.3 Å². The number of sulfonamides is 1. The van der Waals surface area contributed by atoms with Crippen molar-refractivity contribution in [3.8, 4) is 22.4 Å². The Hall–Kier alpha value is -3.36. The lowest BCUT2D eigenvalue weighted by Gasteiger charge is -2.06. The molecule has 5 rings (SSSR count). The highest BCUT2D eigenvalue weighted by Crippen LogP contribution is 2.33. The van der Waals surface area contributed by atoms with Gasteiger partial charge in [-0.1, -0.05) is 84.1 Å². The molecule has 0 atom stereocenters. The average Bonchev–Trinajstić information content (AvgIpc) is 3.42. The predicted molar refractivity (Wildman–Crippen MR) is 133 cm³/mol. The third-order valence-electron chi connectivity index (χ3n) is 5.47. The minimum Gasteiger partial charge on any atom is -0.317 e. The molecule has 0 saturated heterocycles. The van der Waals surface area contributed by atoms with Crippen LogP contribution in [0.3, 0.4) is 0 Å². The summed E-state index contributed by atoms with van der Waals surface area (Å²) in [5, 5.41) is 5.00. The van der Waals surface area contributed by atoms with E-state index in [2.05, 4.69) is 38.8 Å². The number of hydrogen-bond donors (Lipinski definition) is 1. The summed E-state index contributed by atoms with van der Waals surface area (Å²) in [5.74, 6) is 0.936. The zero-order valence-electron chi connectivity index (χ0n) is 18.0. The third kappa shape index (κ3) is 4.44. The first-order valence-corrected chi connectivity index (χ1v) is 13.0. The molecule has 2 heterocycles. The van der Waals surface area contributed by atoms with Crippen molar-refractivity contribution in [2.24, 2.45) is 5.10 Å². The predicted octanol–water partition coefficient (Wildman–Crippen LogP) is 4.94. The Kier molecular flexibility index (Phi) is 5.78. The summed E-state index contributed by atoms with van der Waals surface area (Å²) in [5.41, 5.74) is 5.80. The minimum absolute atomic E-state index is 0.177. The van der Waals surface area contributed by atoms with Crippen molar-refractivity contribution in [3.05, 3.63) is 90.1 Å². The number of thioether (sulfide) groups is 1. The van der Waals surface area contributed by atoms with Crippen LogP contribution in [0.15, 0.2) is 94.0 Å². The Bertz CT molecular complexity index is 1410. The van der Waals surface area contributed by atoms with Gasteiger partial charge < -0.3 is 4.57 Å². The van der Waals surface area contributed by atoms with Crippen LogP contribution in [0.4, 0.5) is 0 Å². The molecule has 0 aliphatic carbocycles. The van der Waals surface area contributed by atoms with Crippen LogP contribution in [0.2, 0.25) is 0 Å². The number of hydrogen-bond acceptors (Lipinski definition) is 5. The van der Waals surface area contributed by atoms with E-state index in [1.165, 1.54) is 0 Å². The van der Waals surface area contributed by atoms with Crippen LogP contribution in [0, 0.1) is 6.92 Å². The van der Waals surface area contributed by atoms with Crippen molar-refractivity contribution in [1.29, 1.82) is 0 Å². The van der Waals surface area contributed by atoms with Crippen molar-refractivity contribution in [1.82, 2.24) is 14.4 Å². The number of benzene rings is 3. The molecule has 1 aromatic heterocycles. The molecular formula is C25H22N4O2S2. The molecule has 6 nitrogen and oxygen atoms in total. The van der Waals surface area contributed by atoms with Gasteiger partial charge in [0, 0.05) is 17.9 Å². The van der Waals surface area contributed by atoms with Crippen LogP contribution in [0.25, 0.3) is 22.4 Å². The van der Waals surface area contributed by atoms with Crippen molar-refractivity contribution in [2.45, 2.75) is 23.5 Å². The normalized spacial score (nSPS) is 13.4. The summed E-state index contributed by atoms with van der Waals surface area (Å²) < 4.78 is 27.2. The maximum atomic E-state index is 12.6. The van der Waals surface area contributed by atoms with E-state index < -0.39 is 10.0 Å². The summed E-state index contributed by atoms with van der Waals surface area (Å²) in [7, 11) is -3.74. The van der Waals surface area contributed by atoms with E-state index in [1.807, 2.05) is 37.3 Å². The van der Waals surface area contributed by atoms with Crippen LogP contribution >= 0.6 is 11.8 Å². The zero-order valence-corrected chi connectivity index (χ0v) is 19.6. The van der Waals surface area contributed by atoms with E-state index in [4.69, 9.17) is 4.98 Å². The van der Waals surface area contributed by atoms with Crippen molar-refractivity contribution < 1.29 is 8.42 Å². The van der Waals surface area contributed by atoms with E-state index >= 15 is 0 Å². The third-order valence-corrected chi connectivity index (χ3v) is 7.67. The van der Waals surface area contributed by atoms with Gasteiger partial charge in [0.1, 0.15) is 0 Å². The summed E-state index contributed by atoms with van der Waals surface area (Å²) in [6.45, 7) is 2.72. The van der Waals surface area contributed by atoms with Gasteiger partial charge in [-0.15, -0.1) is 0 Å². The van der Waals surface area contributed by atoms with Crippen LogP contribution in [-0.2, 0) is 16.6 Å². The summed E-state index contributed by atoms with van der Waals surface area (Å²) in [6, 6.07) is 25.1. The Morgan fingerprint density at radius 3 is 2.33 bits per heavy atom. The number of fused-ring (bicyclic) bond motifs is 1. The van der Waals surface area contributed by atoms with Gasteiger partial charge in [0.2, 0.25) is 0 Å².